The number of aryl methyl sites for hydroxylation is 1. The van der Waals surface area contributed by atoms with Crippen LogP contribution in [0, 0.1) is 42.4 Å². The monoisotopic (exact) mass is 612 g/mol. The molecule has 9 nitrogen and oxygen atoms in total. The Morgan fingerprint density at radius 1 is 1.02 bits per heavy atom. The maximum Gasteiger partial charge on any atom is 0.251 e. The molecule has 0 radical (unpaired) electrons. The standard InChI is InChI=1S/C36H48N6O3/c1-3-4-27-29-20-45-19-24-6-10-30(33(24)34(27)29)40-31-16-32(37-17-22-11-13-44-14-12-22)42-35(41-31)28(18-38-42)23-5-9-26(21(2)15-23)36(43)39-25-7-8-25/h5,9,15-16,18,22,24-25,27,29-30,33-34,37H,3-4,6-8,10-14,17,19-20H2,1-2H3,(H,39,43)(H,40,41). The maximum absolute atomic E-state index is 12.8. The van der Waals surface area contributed by atoms with Crippen molar-refractivity contribution in [1.29, 1.82) is 0 Å². The molecule has 8 rings (SSSR count). The van der Waals surface area contributed by atoms with Gasteiger partial charge in [0.15, 0.2) is 5.65 Å². The number of nitrogens with zero attached hydrogens (tertiary/aromatic N) is 3. The Bertz CT molecular complexity index is 1540. The number of nitrogens with one attached hydrogen (secondary N) is 3. The second kappa shape index (κ2) is 12.2. The molecule has 3 aromatic rings. The van der Waals surface area contributed by atoms with Gasteiger partial charge in [-0.1, -0.05) is 31.9 Å². The number of rotatable bonds is 10. The minimum atomic E-state index is 0.0171. The molecule has 6 unspecified atom stereocenters. The quantitative estimate of drug-likeness (QED) is 0.261. The second-order valence-corrected chi connectivity index (χ2v) is 14.4. The van der Waals surface area contributed by atoms with Crippen LogP contribution in [0.3, 0.4) is 0 Å². The van der Waals surface area contributed by atoms with Crippen LogP contribution in [0.2, 0.25) is 0 Å². The van der Waals surface area contributed by atoms with E-state index in [1.807, 2.05) is 29.8 Å². The number of carbonyl (C=O) groups excluding carboxylic acids is 1. The molecule has 3 aliphatic carbocycles. The highest BCUT2D eigenvalue weighted by molar-refractivity contribution is 5.97. The van der Waals surface area contributed by atoms with Crippen molar-refractivity contribution in [3.05, 3.63) is 41.6 Å². The summed E-state index contributed by atoms with van der Waals surface area (Å²) in [4.78, 5) is 18.1. The van der Waals surface area contributed by atoms with Gasteiger partial charge in [-0.2, -0.15) is 9.61 Å². The highest BCUT2D eigenvalue weighted by atomic mass is 16.5. The molecule has 0 spiro atoms. The number of benzene rings is 1. The van der Waals surface area contributed by atoms with Crippen LogP contribution in [-0.4, -0.2) is 65.6 Å². The van der Waals surface area contributed by atoms with Crippen molar-refractivity contribution in [1.82, 2.24) is 19.9 Å². The number of aromatic nitrogens is 3. The first-order chi connectivity index (χ1) is 22.1. The van der Waals surface area contributed by atoms with Gasteiger partial charge in [0.25, 0.3) is 5.91 Å². The summed E-state index contributed by atoms with van der Waals surface area (Å²) in [6, 6.07) is 8.99. The molecule has 2 saturated heterocycles. The lowest BCUT2D eigenvalue weighted by molar-refractivity contribution is 0.0699. The predicted molar refractivity (Wildman–Crippen MR) is 176 cm³/mol. The van der Waals surface area contributed by atoms with Crippen LogP contribution in [0.1, 0.15) is 74.2 Å². The highest BCUT2D eigenvalue weighted by Gasteiger charge is 2.59. The summed E-state index contributed by atoms with van der Waals surface area (Å²) >= 11 is 0. The number of ether oxygens (including phenoxy) is 2. The van der Waals surface area contributed by atoms with Crippen LogP contribution in [0.4, 0.5) is 11.6 Å². The van der Waals surface area contributed by atoms with E-state index in [1.54, 1.807) is 0 Å². The summed E-state index contributed by atoms with van der Waals surface area (Å²) in [5.74, 6) is 6.07. The van der Waals surface area contributed by atoms with E-state index in [1.165, 1.54) is 19.3 Å². The predicted octanol–water partition coefficient (Wildman–Crippen LogP) is 5.93. The van der Waals surface area contributed by atoms with Crippen molar-refractivity contribution < 1.29 is 14.3 Å². The molecule has 240 valence electrons. The third-order valence-electron chi connectivity index (χ3n) is 11.4. The van der Waals surface area contributed by atoms with Crippen LogP contribution in [0.25, 0.3) is 16.8 Å². The Hall–Kier alpha value is -3.17. The highest BCUT2D eigenvalue weighted by Crippen LogP contribution is 2.60. The van der Waals surface area contributed by atoms with Gasteiger partial charge in [0, 0.05) is 62.2 Å². The van der Waals surface area contributed by atoms with Crippen LogP contribution in [-0.2, 0) is 9.47 Å². The number of carbonyl (C=O) groups is 1. The Labute approximate surface area is 266 Å². The second-order valence-electron chi connectivity index (χ2n) is 14.4. The van der Waals surface area contributed by atoms with E-state index in [-0.39, 0.29) is 5.91 Å². The Morgan fingerprint density at radius 2 is 1.89 bits per heavy atom. The summed E-state index contributed by atoms with van der Waals surface area (Å²) in [6.07, 6.45) is 11.2. The number of hydrogen-bond acceptors (Lipinski definition) is 7. The molecule has 0 bridgehead atoms. The summed E-state index contributed by atoms with van der Waals surface area (Å²) in [6.45, 7) is 8.73. The molecule has 2 aliphatic heterocycles. The zero-order valence-corrected chi connectivity index (χ0v) is 26.8. The van der Waals surface area contributed by atoms with E-state index >= 15 is 0 Å². The smallest absolute Gasteiger partial charge is 0.251 e. The Morgan fingerprint density at radius 3 is 2.69 bits per heavy atom. The molecule has 9 heteroatoms. The third kappa shape index (κ3) is 5.82. The molecule has 2 aromatic heterocycles. The van der Waals surface area contributed by atoms with Gasteiger partial charge in [0.1, 0.15) is 11.6 Å². The summed E-state index contributed by atoms with van der Waals surface area (Å²) in [7, 11) is 0. The largest absolute Gasteiger partial charge is 0.381 e. The van der Waals surface area contributed by atoms with Gasteiger partial charge >= 0.3 is 0 Å². The van der Waals surface area contributed by atoms with Crippen molar-refractivity contribution in [2.24, 2.45) is 35.5 Å². The number of hydrogen-bond donors (Lipinski definition) is 3. The van der Waals surface area contributed by atoms with Gasteiger partial charge in [0.2, 0.25) is 0 Å². The van der Waals surface area contributed by atoms with Gasteiger partial charge in [-0.25, -0.2) is 4.98 Å². The minimum absolute atomic E-state index is 0.0171. The number of anilines is 2. The molecule has 45 heavy (non-hydrogen) atoms. The molecule has 1 aromatic carbocycles. The van der Waals surface area contributed by atoms with Crippen LogP contribution < -0.4 is 16.0 Å². The lowest BCUT2D eigenvalue weighted by Gasteiger charge is -2.26. The fourth-order valence-electron chi connectivity index (χ4n) is 8.76. The molecule has 3 N–H and O–H groups in total. The topological polar surface area (TPSA) is 102 Å². The lowest BCUT2D eigenvalue weighted by Crippen LogP contribution is -2.31. The average molecular weight is 613 g/mol. The molecule has 4 heterocycles. The van der Waals surface area contributed by atoms with Crippen molar-refractivity contribution in [3.8, 4) is 11.1 Å². The minimum Gasteiger partial charge on any atom is -0.381 e. The van der Waals surface area contributed by atoms with Crippen molar-refractivity contribution in [2.45, 2.75) is 77.3 Å². The SMILES string of the molecule is CCCC1C2COCC3CCC(Nc4cc(NCC5CCOCC5)n5ncc(-c6ccc(C(=O)NC7CC7)c(C)c6)c5n4)C3C12. The summed E-state index contributed by atoms with van der Waals surface area (Å²) < 4.78 is 13.8. The number of amides is 1. The van der Waals surface area contributed by atoms with Gasteiger partial charge in [-0.3, -0.25) is 4.79 Å². The molecule has 3 saturated carbocycles. The van der Waals surface area contributed by atoms with Gasteiger partial charge in [0.05, 0.1) is 6.20 Å². The molecular formula is C36H48N6O3. The fraction of sp³-hybridized carbons (Fsp3) is 0.639. The van der Waals surface area contributed by atoms with Crippen LogP contribution >= 0.6 is 0 Å². The van der Waals surface area contributed by atoms with Crippen LogP contribution in [0.15, 0.2) is 30.5 Å². The molecule has 1 amide bonds. The van der Waals surface area contributed by atoms with Gasteiger partial charge in [-0.05, 0) is 98.1 Å². The first kappa shape index (κ1) is 29.2. The van der Waals surface area contributed by atoms with Crippen molar-refractivity contribution in [2.75, 3.05) is 43.6 Å². The molecule has 5 fully saturated rings. The Kier molecular flexibility index (Phi) is 7.94. The Balaban J connectivity index is 1.10. The normalized spacial score (nSPS) is 29.6. The number of fused-ring (bicyclic) bond motifs is 4. The molecule has 6 atom stereocenters. The third-order valence-corrected chi connectivity index (χ3v) is 11.4. The average Bonchev–Trinajstić information content (AvgIpc) is 3.91. The van der Waals surface area contributed by atoms with Crippen molar-refractivity contribution in [3.63, 3.8) is 0 Å². The molecule has 5 aliphatic rings. The van der Waals surface area contributed by atoms with E-state index in [0.29, 0.717) is 29.8 Å². The van der Waals surface area contributed by atoms with E-state index in [4.69, 9.17) is 19.6 Å². The molecular weight excluding hydrogens is 564 g/mol. The first-order valence-corrected chi connectivity index (χ1v) is 17.5. The van der Waals surface area contributed by atoms with Crippen molar-refractivity contribution >= 4 is 23.2 Å². The van der Waals surface area contributed by atoms with Crippen LogP contribution in [0.5, 0.6) is 0 Å². The van der Waals surface area contributed by atoms with E-state index < -0.39 is 0 Å². The maximum atomic E-state index is 12.8. The zero-order chi connectivity index (χ0) is 30.5. The fourth-order valence-corrected chi connectivity index (χ4v) is 8.76. The van der Waals surface area contributed by atoms with E-state index in [9.17, 15) is 4.79 Å². The van der Waals surface area contributed by atoms with Gasteiger partial charge in [-0.15, -0.1) is 0 Å². The lowest BCUT2D eigenvalue weighted by atomic mass is 9.87. The van der Waals surface area contributed by atoms with E-state index in [0.717, 1.165) is 122 Å². The first-order valence-electron chi connectivity index (χ1n) is 17.5. The zero-order valence-electron chi connectivity index (χ0n) is 26.8. The summed E-state index contributed by atoms with van der Waals surface area (Å²) in [5, 5.41) is 15.7. The van der Waals surface area contributed by atoms with Gasteiger partial charge < -0.3 is 25.4 Å². The van der Waals surface area contributed by atoms with E-state index in [2.05, 4.69) is 35.0 Å². The summed E-state index contributed by atoms with van der Waals surface area (Å²) in [5.41, 5.74) is 4.53.